The number of carbonyl (C=O) groups excluding carboxylic acids is 1. The zero-order chi connectivity index (χ0) is 19.1. The maximum atomic E-state index is 13.1. The topological polar surface area (TPSA) is 84.2 Å². The van der Waals surface area contributed by atoms with Gasteiger partial charge in [0.05, 0.1) is 11.3 Å². The number of nitrogens with zero attached hydrogens (tertiary/aromatic N) is 4. The Bertz CT molecular complexity index is 1010. The van der Waals surface area contributed by atoms with E-state index in [9.17, 15) is 4.79 Å². The number of pyridine rings is 1. The molecule has 7 nitrogen and oxygen atoms in total. The average molecular weight is 375 g/mol. The lowest BCUT2D eigenvalue weighted by molar-refractivity contribution is 0.0737. The Morgan fingerprint density at radius 3 is 2.93 bits per heavy atom. The SMILES string of the molecule is Cc1noc(-c2ccc(-c3cccc(C(=O)N4CCC5CNCC54)c3)nc2)n1. The van der Waals surface area contributed by atoms with Gasteiger partial charge in [-0.15, -0.1) is 0 Å². The molecule has 2 atom stereocenters. The summed E-state index contributed by atoms with van der Waals surface area (Å²) in [6.45, 7) is 4.54. The molecule has 3 aromatic rings. The second kappa shape index (κ2) is 6.83. The van der Waals surface area contributed by atoms with Gasteiger partial charge in [0.15, 0.2) is 5.82 Å². The highest BCUT2D eigenvalue weighted by molar-refractivity contribution is 5.95. The molecule has 1 amide bonds. The van der Waals surface area contributed by atoms with Crippen molar-refractivity contribution >= 4 is 5.91 Å². The summed E-state index contributed by atoms with van der Waals surface area (Å²) < 4.78 is 5.18. The summed E-state index contributed by atoms with van der Waals surface area (Å²) in [7, 11) is 0. The fraction of sp³-hybridized carbons (Fsp3) is 0.333. The van der Waals surface area contributed by atoms with Crippen LogP contribution in [0.3, 0.4) is 0 Å². The lowest BCUT2D eigenvalue weighted by Crippen LogP contribution is -2.39. The Morgan fingerprint density at radius 1 is 1.21 bits per heavy atom. The number of rotatable bonds is 3. The Balaban J connectivity index is 1.39. The van der Waals surface area contributed by atoms with Gasteiger partial charge >= 0.3 is 0 Å². The van der Waals surface area contributed by atoms with E-state index in [1.165, 1.54) is 0 Å². The Morgan fingerprint density at radius 2 is 2.14 bits per heavy atom. The van der Waals surface area contributed by atoms with Gasteiger partial charge in [-0.3, -0.25) is 9.78 Å². The van der Waals surface area contributed by atoms with Gasteiger partial charge in [-0.2, -0.15) is 4.98 Å². The highest BCUT2D eigenvalue weighted by Crippen LogP contribution is 2.29. The molecule has 142 valence electrons. The number of benzene rings is 1. The first kappa shape index (κ1) is 17.1. The summed E-state index contributed by atoms with van der Waals surface area (Å²) in [5.41, 5.74) is 3.20. The summed E-state index contributed by atoms with van der Waals surface area (Å²) in [6, 6.07) is 11.8. The molecule has 5 rings (SSSR count). The van der Waals surface area contributed by atoms with Crippen LogP contribution in [0, 0.1) is 12.8 Å². The predicted octanol–water partition coefficient (Wildman–Crippen LogP) is 2.54. The van der Waals surface area contributed by atoms with Crippen molar-refractivity contribution in [3.05, 3.63) is 54.0 Å². The first-order valence-corrected chi connectivity index (χ1v) is 9.58. The maximum Gasteiger partial charge on any atom is 0.259 e. The van der Waals surface area contributed by atoms with Gasteiger partial charge in [-0.05, 0) is 43.5 Å². The summed E-state index contributed by atoms with van der Waals surface area (Å²) in [6.07, 6.45) is 2.80. The third-order valence-electron chi connectivity index (χ3n) is 5.65. The molecule has 2 saturated heterocycles. The summed E-state index contributed by atoms with van der Waals surface area (Å²) >= 11 is 0. The van der Waals surface area contributed by atoms with E-state index in [0.29, 0.717) is 29.2 Å². The number of aromatic nitrogens is 3. The number of hydrogen-bond acceptors (Lipinski definition) is 6. The molecule has 2 aliphatic rings. The number of amides is 1. The zero-order valence-corrected chi connectivity index (χ0v) is 15.6. The Hall–Kier alpha value is -3.06. The van der Waals surface area contributed by atoms with E-state index in [2.05, 4.69) is 20.4 Å². The zero-order valence-electron chi connectivity index (χ0n) is 15.6. The third kappa shape index (κ3) is 2.97. The van der Waals surface area contributed by atoms with Gasteiger partial charge in [0.1, 0.15) is 0 Å². The number of carbonyl (C=O) groups is 1. The number of likely N-dealkylation sites (tertiary alicyclic amines) is 1. The Labute approximate surface area is 162 Å². The van der Waals surface area contributed by atoms with E-state index in [0.717, 1.165) is 42.9 Å². The maximum absolute atomic E-state index is 13.1. The second-order valence-corrected chi connectivity index (χ2v) is 7.43. The van der Waals surface area contributed by atoms with Crippen LogP contribution >= 0.6 is 0 Å². The summed E-state index contributed by atoms with van der Waals surface area (Å²) in [4.78, 5) is 23.8. The minimum atomic E-state index is 0.107. The van der Waals surface area contributed by atoms with Crippen LogP contribution in [0.4, 0.5) is 0 Å². The van der Waals surface area contributed by atoms with E-state index in [4.69, 9.17) is 4.52 Å². The van der Waals surface area contributed by atoms with Crippen LogP contribution in [-0.4, -0.2) is 51.6 Å². The molecule has 0 radical (unpaired) electrons. The molecule has 0 bridgehead atoms. The molecule has 2 fully saturated rings. The Kier molecular flexibility index (Phi) is 4.16. The largest absolute Gasteiger partial charge is 0.334 e. The lowest BCUT2D eigenvalue weighted by atomic mass is 10.0. The monoisotopic (exact) mass is 375 g/mol. The number of fused-ring (bicyclic) bond motifs is 1. The van der Waals surface area contributed by atoms with E-state index in [1.807, 2.05) is 41.3 Å². The first-order chi connectivity index (χ1) is 13.7. The third-order valence-corrected chi connectivity index (χ3v) is 5.65. The van der Waals surface area contributed by atoms with Gasteiger partial charge in [0.2, 0.25) is 0 Å². The van der Waals surface area contributed by atoms with Crippen LogP contribution in [0.15, 0.2) is 47.1 Å². The van der Waals surface area contributed by atoms with E-state index >= 15 is 0 Å². The van der Waals surface area contributed by atoms with Crippen LogP contribution in [0.1, 0.15) is 22.6 Å². The number of hydrogen-bond donors (Lipinski definition) is 1. The summed E-state index contributed by atoms with van der Waals surface area (Å²) in [5.74, 6) is 1.74. The van der Waals surface area contributed by atoms with Crippen molar-refractivity contribution in [2.24, 2.45) is 5.92 Å². The first-order valence-electron chi connectivity index (χ1n) is 9.58. The quantitative estimate of drug-likeness (QED) is 0.757. The van der Waals surface area contributed by atoms with Crippen molar-refractivity contribution in [3.8, 4) is 22.7 Å². The normalized spacial score (nSPS) is 21.1. The lowest BCUT2D eigenvalue weighted by Gasteiger charge is -2.23. The molecule has 28 heavy (non-hydrogen) atoms. The van der Waals surface area contributed by atoms with Crippen LogP contribution in [0.2, 0.25) is 0 Å². The molecule has 0 aliphatic carbocycles. The van der Waals surface area contributed by atoms with Gasteiger partial charge < -0.3 is 14.7 Å². The van der Waals surface area contributed by atoms with Crippen LogP contribution in [0.5, 0.6) is 0 Å². The average Bonchev–Trinajstić information content (AvgIpc) is 3.45. The van der Waals surface area contributed by atoms with E-state index < -0.39 is 0 Å². The van der Waals surface area contributed by atoms with Crippen molar-refractivity contribution in [1.82, 2.24) is 25.3 Å². The van der Waals surface area contributed by atoms with Crippen molar-refractivity contribution in [2.45, 2.75) is 19.4 Å². The minimum Gasteiger partial charge on any atom is -0.334 e. The van der Waals surface area contributed by atoms with Gasteiger partial charge in [0, 0.05) is 43.0 Å². The van der Waals surface area contributed by atoms with Gasteiger partial charge in [0.25, 0.3) is 11.8 Å². The molecule has 1 aromatic carbocycles. The predicted molar refractivity (Wildman–Crippen MR) is 104 cm³/mol. The van der Waals surface area contributed by atoms with Crippen molar-refractivity contribution < 1.29 is 9.32 Å². The standard InChI is InChI=1S/C21H21N5O2/c1-13-24-20(28-25-13)17-5-6-18(23-11-17)14-3-2-4-15(9-14)21(27)26-8-7-16-10-22-12-19(16)26/h2-6,9,11,16,19,22H,7-8,10,12H2,1H3. The molecule has 0 spiro atoms. The van der Waals surface area contributed by atoms with Crippen LogP contribution in [0.25, 0.3) is 22.7 Å². The number of aryl methyl sites for hydroxylation is 1. The van der Waals surface area contributed by atoms with E-state index in [-0.39, 0.29) is 5.91 Å². The molecule has 2 aliphatic heterocycles. The van der Waals surface area contributed by atoms with Crippen molar-refractivity contribution in [3.63, 3.8) is 0 Å². The fourth-order valence-electron chi connectivity index (χ4n) is 4.18. The highest BCUT2D eigenvalue weighted by atomic mass is 16.5. The number of nitrogens with one attached hydrogen (secondary N) is 1. The second-order valence-electron chi connectivity index (χ2n) is 7.43. The van der Waals surface area contributed by atoms with Crippen molar-refractivity contribution in [2.75, 3.05) is 19.6 Å². The molecule has 4 heterocycles. The molecular weight excluding hydrogens is 354 g/mol. The molecule has 2 unspecified atom stereocenters. The highest BCUT2D eigenvalue weighted by Gasteiger charge is 2.40. The van der Waals surface area contributed by atoms with Gasteiger partial charge in [-0.25, -0.2) is 0 Å². The molecule has 1 N–H and O–H groups in total. The van der Waals surface area contributed by atoms with Crippen LogP contribution in [-0.2, 0) is 0 Å². The van der Waals surface area contributed by atoms with Crippen LogP contribution < -0.4 is 5.32 Å². The molecule has 0 saturated carbocycles. The fourth-order valence-corrected chi connectivity index (χ4v) is 4.18. The van der Waals surface area contributed by atoms with E-state index in [1.54, 1.807) is 13.1 Å². The van der Waals surface area contributed by atoms with Gasteiger partial charge in [-0.1, -0.05) is 17.3 Å². The molecular formula is C21H21N5O2. The molecule has 2 aromatic heterocycles. The molecule has 7 heteroatoms. The van der Waals surface area contributed by atoms with Crippen molar-refractivity contribution in [1.29, 1.82) is 0 Å². The smallest absolute Gasteiger partial charge is 0.259 e. The minimum absolute atomic E-state index is 0.107. The summed E-state index contributed by atoms with van der Waals surface area (Å²) in [5, 5.41) is 7.20.